The molecule has 0 bridgehead atoms. The van der Waals surface area contributed by atoms with E-state index in [1.54, 1.807) is 12.1 Å². The first-order chi connectivity index (χ1) is 8.17. The SMILES string of the molecule is CCC(CCO)CNC(=O)c1ccc(Cl)nc1. The molecule has 0 aliphatic heterocycles. The average molecular weight is 257 g/mol. The number of hydrogen-bond acceptors (Lipinski definition) is 3. The summed E-state index contributed by atoms with van der Waals surface area (Å²) in [4.78, 5) is 15.6. The number of aliphatic hydroxyl groups excluding tert-OH is 1. The lowest BCUT2D eigenvalue weighted by atomic mass is 10.0. The summed E-state index contributed by atoms with van der Waals surface area (Å²) in [6.07, 6.45) is 3.08. The van der Waals surface area contributed by atoms with Crippen molar-refractivity contribution in [1.82, 2.24) is 10.3 Å². The van der Waals surface area contributed by atoms with Crippen LogP contribution in [0.3, 0.4) is 0 Å². The third-order valence-electron chi connectivity index (χ3n) is 2.66. The number of amides is 1. The van der Waals surface area contributed by atoms with Gasteiger partial charge < -0.3 is 10.4 Å². The summed E-state index contributed by atoms with van der Waals surface area (Å²) in [6.45, 7) is 2.76. The van der Waals surface area contributed by atoms with E-state index in [4.69, 9.17) is 16.7 Å². The minimum atomic E-state index is -0.162. The van der Waals surface area contributed by atoms with E-state index in [0.29, 0.717) is 29.6 Å². The zero-order chi connectivity index (χ0) is 12.7. The molecule has 0 spiro atoms. The fourth-order valence-corrected chi connectivity index (χ4v) is 1.59. The highest BCUT2D eigenvalue weighted by molar-refractivity contribution is 6.29. The molecule has 1 unspecified atom stereocenters. The zero-order valence-electron chi connectivity index (χ0n) is 9.82. The van der Waals surface area contributed by atoms with Gasteiger partial charge in [0.05, 0.1) is 5.56 Å². The van der Waals surface area contributed by atoms with Crippen LogP contribution in [0, 0.1) is 5.92 Å². The van der Waals surface area contributed by atoms with Gasteiger partial charge in [-0.3, -0.25) is 4.79 Å². The highest BCUT2D eigenvalue weighted by Crippen LogP contribution is 2.08. The quantitative estimate of drug-likeness (QED) is 0.764. The number of aromatic nitrogens is 1. The molecule has 94 valence electrons. The lowest BCUT2D eigenvalue weighted by Crippen LogP contribution is -2.29. The summed E-state index contributed by atoms with van der Waals surface area (Å²) in [5.41, 5.74) is 0.494. The molecule has 1 atom stereocenters. The summed E-state index contributed by atoms with van der Waals surface area (Å²) >= 11 is 5.64. The summed E-state index contributed by atoms with van der Waals surface area (Å²) in [5.74, 6) is 0.148. The van der Waals surface area contributed by atoms with Gasteiger partial charge in [-0.05, 0) is 24.5 Å². The van der Waals surface area contributed by atoms with Gasteiger partial charge in [0.1, 0.15) is 5.15 Å². The summed E-state index contributed by atoms with van der Waals surface area (Å²) < 4.78 is 0. The second-order valence-corrected chi connectivity index (χ2v) is 4.25. The second-order valence-electron chi connectivity index (χ2n) is 3.87. The Morgan fingerprint density at radius 2 is 2.35 bits per heavy atom. The Kier molecular flexibility index (Phi) is 5.94. The number of carbonyl (C=O) groups excluding carboxylic acids is 1. The van der Waals surface area contributed by atoms with E-state index in [9.17, 15) is 4.79 Å². The Hall–Kier alpha value is -1.13. The molecule has 0 radical (unpaired) electrons. The summed E-state index contributed by atoms with van der Waals surface area (Å²) in [7, 11) is 0. The van der Waals surface area contributed by atoms with Crippen molar-refractivity contribution >= 4 is 17.5 Å². The van der Waals surface area contributed by atoms with Crippen LogP contribution in [0.1, 0.15) is 30.1 Å². The molecule has 1 aromatic rings. The van der Waals surface area contributed by atoms with Crippen LogP contribution in [0.15, 0.2) is 18.3 Å². The molecule has 5 heteroatoms. The van der Waals surface area contributed by atoms with E-state index in [1.807, 2.05) is 6.92 Å². The van der Waals surface area contributed by atoms with Gasteiger partial charge in [-0.15, -0.1) is 0 Å². The normalized spacial score (nSPS) is 12.2. The number of carbonyl (C=O) groups is 1. The van der Waals surface area contributed by atoms with Crippen LogP contribution in [0.25, 0.3) is 0 Å². The molecule has 0 aliphatic carbocycles. The van der Waals surface area contributed by atoms with Crippen molar-refractivity contribution in [2.24, 2.45) is 5.92 Å². The van der Waals surface area contributed by atoms with Gasteiger partial charge in [0.15, 0.2) is 0 Å². The summed E-state index contributed by atoms with van der Waals surface area (Å²) in [6, 6.07) is 3.22. The molecular weight excluding hydrogens is 240 g/mol. The number of rotatable bonds is 6. The highest BCUT2D eigenvalue weighted by Gasteiger charge is 2.09. The smallest absolute Gasteiger partial charge is 0.252 e. The van der Waals surface area contributed by atoms with Crippen LogP contribution in [-0.2, 0) is 0 Å². The Balaban J connectivity index is 2.46. The molecule has 0 aromatic carbocycles. The highest BCUT2D eigenvalue weighted by atomic mass is 35.5. The maximum atomic E-state index is 11.7. The van der Waals surface area contributed by atoms with Gasteiger partial charge in [0, 0.05) is 19.3 Å². The monoisotopic (exact) mass is 256 g/mol. The topological polar surface area (TPSA) is 62.2 Å². The number of pyridine rings is 1. The number of halogens is 1. The van der Waals surface area contributed by atoms with E-state index in [1.165, 1.54) is 6.20 Å². The van der Waals surface area contributed by atoms with Gasteiger partial charge in [-0.1, -0.05) is 24.9 Å². The van der Waals surface area contributed by atoms with E-state index in [-0.39, 0.29) is 12.5 Å². The fraction of sp³-hybridized carbons (Fsp3) is 0.500. The van der Waals surface area contributed by atoms with Crippen LogP contribution in [0.4, 0.5) is 0 Å². The Labute approximate surface area is 106 Å². The van der Waals surface area contributed by atoms with Crippen molar-refractivity contribution in [3.05, 3.63) is 29.0 Å². The molecule has 0 aliphatic rings. The van der Waals surface area contributed by atoms with Crippen LogP contribution in [-0.4, -0.2) is 29.1 Å². The van der Waals surface area contributed by atoms with Crippen LogP contribution >= 0.6 is 11.6 Å². The van der Waals surface area contributed by atoms with Crippen molar-refractivity contribution in [1.29, 1.82) is 0 Å². The lowest BCUT2D eigenvalue weighted by molar-refractivity contribution is 0.0943. The average Bonchev–Trinajstić information content (AvgIpc) is 2.35. The molecule has 4 nitrogen and oxygen atoms in total. The third kappa shape index (κ3) is 4.71. The minimum Gasteiger partial charge on any atom is -0.396 e. The third-order valence-corrected chi connectivity index (χ3v) is 2.88. The van der Waals surface area contributed by atoms with Crippen molar-refractivity contribution in [3.8, 4) is 0 Å². The number of nitrogens with zero attached hydrogens (tertiary/aromatic N) is 1. The van der Waals surface area contributed by atoms with E-state index in [2.05, 4.69) is 10.3 Å². The fourth-order valence-electron chi connectivity index (χ4n) is 1.48. The molecule has 1 amide bonds. The summed E-state index contributed by atoms with van der Waals surface area (Å²) in [5, 5.41) is 12.0. The van der Waals surface area contributed by atoms with Gasteiger partial charge in [-0.2, -0.15) is 0 Å². The molecule has 1 aromatic heterocycles. The lowest BCUT2D eigenvalue weighted by Gasteiger charge is -2.14. The first kappa shape index (κ1) is 13.9. The van der Waals surface area contributed by atoms with Crippen LogP contribution in [0.2, 0.25) is 5.15 Å². The molecular formula is C12H17ClN2O2. The van der Waals surface area contributed by atoms with Gasteiger partial charge in [-0.25, -0.2) is 4.98 Å². The number of aliphatic hydroxyl groups is 1. The largest absolute Gasteiger partial charge is 0.396 e. The Bertz CT molecular complexity index is 354. The maximum absolute atomic E-state index is 11.7. The molecule has 0 saturated heterocycles. The predicted molar refractivity (Wildman–Crippen MR) is 67.1 cm³/mol. The first-order valence-electron chi connectivity index (χ1n) is 5.68. The maximum Gasteiger partial charge on any atom is 0.252 e. The van der Waals surface area contributed by atoms with Gasteiger partial charge in [0.2, 0.25) is 0 Å². The predicted octanol–water partition coefficient (Wildman–Crippen LogP) is 1.87. The molecule has 1 rings (SSSR count). The molecule has 0 saturated carbocycles. The Morgan fingerprint density at radius 1 is 1.59 bits per heavy atom. The minimum absolute atomic E-state index is 0.150. The van der Waals surface area contributed by atoms with E-state index < -0.39 is 0 Å². The van der Waals surface area contributed by atoms with Crippen molar-refractivity contribution < 1.29 is 9.90 Å². The first-order valence-corrected chi connectivity index (χ1v) is 6.05. The number of hydrogen-bond donors (Lipinski definition) is 2. The van der Waals surface area contributed by atoms with Crippen LogP contribution in [0.5, 0.6) is 0 Å². The van der Waals surface area contributed by atoms with E-state index >= 15 is 0 Å². The molecule has 2 N–H and O–H groups in total. The second kappa shape index (κ2) is 7.25. The van der Waals surface area contributed by atoms with E-state index in [0.717, 1.165) is 6.42 Å². The van der Waals surface area contributed by atoms with Gasteiger partial charge in [0.25, 0.3) is 5.91 Å². The van der Waals surface area contributed by atoms with Gasteiger partial charge >= 0.3 is 0 Å². The van der Waals surface area contributed by atoms with Crippen LogP contribution < -0.4 is 5.32 Å². The van der Waals surface area contributed by atoms with Crippen molar-refractivity contribution in [2.75, 3.05) is 13.2 Å². The van der Waals surface area contributed by atoms with Crippen molar-refractivity contribution in [3.63, 3.8) is 0 Å². The standard InChI is InChI=1S/C12H17ClN2O2/c1-2-9(5-6-16)7-15-12(17)10-3-4-11(13)14-8-10/h3-4,8-9,16H,2,5-7H2,1H3,(H,15,17). The molecule has 1 heterocycles. The van der Waals surface area contributed by atoms with Crippen molar-refractivity contribution in [2.45, 2.75) is 19.8 Å². The molecule has 17 heavy (non-hydrogen) atoms. The number of nitrogens with one attached hydrogen (secondary N) is 1. The molecule has 0 fully saturated rings. The zero-order valence-corrected chi connectivity index (χ0v) is 10.6. The Morgan fingerprint density at radius 3 is 2.88 bits per heavy atom.